The standard InChI is InChI=1S/C15H19N3O3/c16-13(17-20)15(6-9-21-10-7-15)14(19)18-8-5-11-3-1-2-4-12(11)18/h1-4,20H,5-10H2,(H2,16,17). The van der Waals surface area contributed by atoms with Gasteiger partial charge in [0.2, 0.25) is 5.91 Å². The van der Waals surface area contributed by atoms with Crippen LogP contribution >= 0.6 is 0 Å². The van der Waals surface area contributed by atoms with Crippen molar-refractivity contribution < 1.29 is 14.7 Å². The molecule has 0 saturated carbocycles. The maximum absolute atomic E-state index is 13.1. The highest BCUT2D eigenvalue weighted by molar-refractivity contribution is 6.13. The van der Waals surface area contributed by atoms with E-state index in [4.69, 9.17) is 15.7 Å². The van der Waals surface area contributed by atoms with Crippen molar-refractivity contribution in [2.75, 3.05) is 24.7 Å². The first-order chi connectivity index (χ1) is 10.2. The zero-order valence-corrected chi connectivity index (χ0v) is 11.8. The summed E-state index contributed by atoms with van der Waals surface area (Å²) >= 11 is 0. The molecule has 1 fully saturated rings. The summed E-state index contributed by atoms with van der Waals surface area (Å²) in [6.45, 7) is 1.52. The van der Waals surface area contributed by atoms with Gasteiger partial charge in [0.1, 0.15) is 5.41 Å². The van der Waals surface area contributed by atoms with Crippen LogP contribution in [0.25, 0.3) is 0 Å². The number of benzene rings is 1. The second kappa shape index (κ2) is 5.37. The van der Waals surface area contributed by atoms with E-state index in [2.05, 4.69) is 5.16 Å². The van der Waals surface area contributed by atoms with Crippen molar-refractivity contribution in [2.24, 2.45) is 16.3 Å². The van der Waals surface area contributed by atoms with Gasteiger partial charge in [-0.05, 0) is 30.9 Å². The molecule has 2 aliphatic rings. The molecule has 21 heavy (non-hydrogen) atoms. The summed E-state index contributed by atoms with van der Waals surface area (Å²) in [5, 5.41) is 12.2. The van der Waals surface area contributed by atoms with Crippen LogP contribution in [0, 0.1) is 5.41 Å². The van der Waals surface area contributed by atoms with Gasteiger partial charge in [0.05, 0.1) is 0 Å². The summed E-state index contributed by atoms with van der Waals surface area (Å²) in [6, 6.07) is 7.87. The van der Waals surface area contributed by atoms with Crippen molar-refractivity contribution >= 4 is 17.4 Å². The Hall–Kier alpha value is -2.08. The predicted octanol–water partition coefficient (Wildman–Crippen LogP) is 1.12. The molecule has 112 valence electrons. The number of carbonyl (C=O) groups is 1. The number of nitrogens with two attached hydrogens (primary N) is 1. The Morgan fingerprint density at radius 2 is 2.05 bits per heavy atom. The molecular formula is C15H19N3O3. The van der Waals surface area contributed by atoms with Crippen molar-refractivity contribution in [3.8, 4) is 0 Å². The lowest BCUT2D eigenvalue weighted by atomic mass is 9.77. The van der Waals surface area contributed by atoms with E-state index in [1.54, 1.807) is 4.90 Å². The van der Waals surface area contributed by atoms with Gasteiger partial charge in [-0.2, -0.15) is 0 Å². The lowest BCUT2D eigenvalue weighted by molar-refractivity contribution is -0.128. The number of fused-ring (bicyclic) bond motifs is 1. The number of rotatable bonds is 2. The Morgan fingerprint density at radius 1 is 1.33 bits per heavy atom. The summed E-state index contributed by atoms with van der Waals surface area (Å²) < 4.78 is 5.34. The van der Waals surface area contributed by atoms with E-state index in [9.17, 15) is 4.79 Å². The number of ether oxygens (including phenoxy) is 1. The zero-order chi connectivity index (χ0) is 14.9. The van der Waals surface area contributed by atoms with Gasteiger partial charge in [-0.15, -0.1) is 0 Å². The largest absolute Gasteiger partial charge is 0.409 e. The fourth-order valence-electron chi connectivity index (χ4n) is 3.20. The minimum atomic E-state index is -0.954. The highest BCUT2D eigenvalue weighted by Crippen LogP contribution is 2.37. The molecule has 3 rings (SSSR count). The molecule has 2 aliphatic heterocycles. The van der Waals surface area contributed by atoms with Crippen LogP contribution < -0.4 is 10.6 Å². The Balaban J connectivity index is 1.96. The number of anilines is 1. The Bertz CT molecular complexity index is 579. The van der Waals surface area contributed by atoms with Gasteiger partial charge < -0.3 is 20.6 Å². The van der Waals surface area contributed by atoms with Gasteiger partial charge in [0, 0.05) is 25.4 Å². The summed E-state index contributed by atoms with van der Waals surface area (Å²) in [5.74, 6) is -0.105. The molecule has 0 aliphatic carbocycles. The van der Waals surface area contributed by atoms with Crippen LogP contribution in [-0.2, 0) is 16.0 Å². The first kappa shape index (κ1) is 13.9. The lowest BCUT2D eigenvalue weighted by Gasteiger charge is -2.37. The molecule has 0 radical (unpaired) electrons. The van der Waals surface area contributed by atoms with E-state index >= 15 is 0 Å². The van der Waals surface area contributed by atoms with Crippen LogP contribution in [0.2, 0.25) is 0 Å². The average molecular weight is 289 g/mol. The molecule has 1 aromatic rings. The molecule has 6 nitrogen and oxygen atoms in total. The average Bonchev–Trinajstić information content (AvgIpc) is 2.98. The van der Waals surface area contributed by atoms with Crippen LogP contribution in [0.4, 0.5) is 5.69 Å². The molecular weight excluding hydrogens is 270 g/mol. The van der Waals surface area contributed by atoms with Crippen LogP contribution in [0.15, 0.2) is 29.4 Å². The van der Waals surface area contributed by atoms with E-state index in [0.717, 1.165) is 17.7 Å². The first-order valence-corrected chi connectivity index (χ1v) is 7.15. The lowest BCUT2D eigenvalue weighted by Crippen LogP contribution is -2.53. The predicted molar refractivity (Wildman–Crippen MR) is 78.4 cm³/mol. The minimum absolute atomic E-state index is 0.0137. The van der Waals surface area contributed by atoms with Crippen LogP contribution in [-0.4, -0.2) is 36.7 Å². The monoisotopic (exact) mass is 289 g/mol. The van der Waals surface area contributed by atoms with Crippen molar-refractivity contribution in [1.82, 2.24) is 0 Å². The number of nitrogens with zero attached hydrogens (tertiary/aromatic N) is 2. The normalized spacial score (nSPS) is 21.1. The summed E-state index contributed by atoms with van der Waals surface area (Å²) in [5.41, 5.74) is 7.00. The van der Waals surface area contributed by atoms with Gasteiger partial charge in [-0.25, -0.2) is 0 Å². The van der Waals surface area contributed by atoms with Crippen molar-refractivity contribution in [3.63, 3.8) is 0 Å². The van der Waals surface area contributed by atoms with Crippen molar-refractivity contribution in [2.45, 2.75) is 19.3 Å². The van der Waals surface area contributed by atoms with Gasteiger partial charge in [-0.1, -0.05) is 23.4 Å². The second-order valence-corrected chi connectivity index (χ2v) is 5.52. The number of para-hydroxylation sites is 1. The van der Waals surface area contributed by atoms with E-state index in [1.807, 2.05) is 24.3 Å². The molecule has 0 spiro atoms. The Morgan fingerprint density at radius 3 is 2.76 bits per heavy atom. The highest BCUT2D eigenvalue weighted by atomic mass is 16.5. The van der Waals surface area contributed by atoms with Gasteiger partial charge in [0.25, 0.3) is 0 Å². The molecule has 3 N–H and O–H groups in total. The maximum atomic E-state index is 13.1. The third-order valence-electron chi connectivity index (χ3n) is 4.49. The SMILES string of the molecule is NC(=NO)C1(C(=O)N2CCc3ccccc32)CCOCC1. The first-order valence-electron chi connectivity index (χ1n) is 7.15. The summed E-state index contributed by atoms with van der Waals surface area (Å²) in [7, 11) is 0. The molecule has 2 heterocycles. The minimum Gasteiger partial charge on any atom is -0.409 e. The van der Waals surface area contributed by atoms with Gasteiger partial charge >= 0.3 is 0 Å². The molecule has 0 atom stereocenters. The van der Waals surface area contributed by atoms with Crippen molar-refractivity contribution in [1.29, 1.82) is 0 Å². The van der Waals surface area contributed by atoms with Crippen molar-refractivity contribution in [3.05, 3.63) is 29.8 Å². The van der Waals surface area contributed by atoms with E-state index in [1.165, 1.54) is 0 Å². The Kier molecular flexibility index (Phi) is 3.55. The molecule has 0 unspecified atom stereocenters. The smallest absolute Gasteiger partial charge is 0.241 e. The maximum Gasteiger partial charge on any atom is 0.241 e. The fraction of sp³-hybridized carbons (Fsp3) is 0.467. The van der Waals surface area contributed by atoms with E-state index in [-0.39, 0.29) is 11.7 Å². The van der Waals surface area contributed by atoms with Gasteiger partial charge in [-0.3, -0.25) is 4.79 Å². The molecule has 1 aromatic carbocycles. The molecule has 0 aromatic heterocycles. The molecule has 1 saturated heterocycles. The highest BCUT2D eigenvalue weighted by Gasteiger charge is 2.47. The number of oxime groups is 1. The molecule has 0 bridgehead atoms. The van der Waals surface area contributed by atoms with Crippen LogP contribution in [0.1, 0.15) is 18.4 Å². The number of amidine groups is 1. The molecule has 1 amide bonds. The Labute approximate surface area is 123 Å². The third-order valence-corrected chi connectivity index (χ3v) is 4.49. The third kappa shape index (κ3) is 2.15. The second-order valence-electron chi connectivity index (χ2n) is 5.52. The zero-order valence-electron chi connectivity index (χ0n) is 11.8. The van der Waals surface area contributed by atoms with Crippen LogP contribution in [0.5, 0.6) is 0 Å². The number of carbonyl (C=O) groups excluding carboxylic acids is 1. The number of amides is 1. The van der Waals surface area contributed by atoms with Crippen LogP contribution in [0.3, 0.4) is 0 Å². The number of hydrogen-bond acceptors (Lipinski definition) is 4. The topological polar surface area (TPSA) is 88.2 Å². The number of hydrogen-bond donors (Lipinski definition) is 2. The van der Waals surface area contributed by atoms with E-state index < -0.39 is 5.41 Å². The molecule has 6 heteroatoms. The summed E-state index contributed by atoms with van der Waals surface area (Å²) in [6.07, 6.45) is 1.73. The van der Waals surface area contributed by atoms with E-state index in [0.29, 0.717) is 32.6 Å². The van der Waals surface area contributed by atoms with Gasteiger partial charge in [0.15, 0.2) is 5.84 Å². The quantitative estimate of drug-likeness (QED) is 0.369. The summed E-state index contributed by atoms with van der Waals surface area (Å²) in [4.78, 5) is 14.8. The fourth-order valence-corrected chi connectivity index (χ4v) is 3.20.